The van der Waals surface area contributed by atoms with E-state index < -0.39 is 5.97 Å². The summed E-state index contributed by atoms with van der Waals surface area (Å²) in [5.41, 5.74) is 7.00. The lowest BCUT2D eigenvalue weighted by Gasteiger charge is -2.13. The Morgan fingerprint density at radius 2 is 2.35 bits per heavy atom. The minimum atomic E-state index is -1.08. The summed E-state index contributed by atoms with van der Waals surface area (Å²) < 4.78 is 6.88. The van der Waals surface area contributed by atoms with E-state index >= 15 is 0 Å². The van der Waals surface area contributed by atoms with Crippen LogP contribution in [-0.2, 0) is 4.74 Å². The van der Waals surface area contributed by atoms with Crippen molar-refractivity contribution in [3.63, 3.8) is 0 Å². The van der Waals surface area contributed by atoms with Gasteiger partial charge in [0.15, 0.2) is 0 Å². The third kappa shape index (κ3) is 3.33. The first-order valence-corrected chi connectivity index (χ1v) is 7.40. The van der Waals surface area contributed by atoms with E-state index in [0.717, 1.165) is 19.4 Å². The van der Waals surface area contributed by atoms with Crippen molar-refractivity contribution >= 4 is 5.97 Å². The Morgan fingerprint density at radius 1 is 1.52 bits per heavy atom. The molecule has 4 N–H and O–H groups in total. The summed E-state index contributed by atoms with van der Waals surface area (Å²) in [5, 5.41) is 26.9. The fraction of sp³-hybridized carbons (Fsp3) is 0.400. The van der Waals surface area contributed by atoms with Crippen LogP contribution in [-0.4, -0.2) is 43.9 Å². The summed E-state index contributed by atoms with van der Waals surface area (Å²) in [6, 6.07) is 3.65. The van der Waals surface area contributed by atoms with Crippen molar-refractivity contribution in [2.24, 2.45) is 5.73 Å². The lowest BCUT2D eigenvalue weighted by atomic mass is 10.1. The molecule has 0 radical (unpaired) electrons. The number of aromatic nitrogens is 3. The van der Waals surface area contributed by atoms with Gasteiger partial charge in [0.1, 0.15) is 11.4 Å². The number of rotatable bonds is 5. The molecular weight excluding hydrogens is 300 g/mol. The van der Waals surface area contributed by atoms with Crippen LogP contribution < -0.4 is 5.73 Å². The van der Waals surface area contributed by atoms with Gasteiger partial charge >= 0.3 is 5.97 Å². The number of benzene rings is 1. The second-order valence-corrected chi connectivity index (χ2v) is 5.57. The maximum Gasteiger partial charge on any atom is 0.335 e. The van der Waals surface area contributed by atoms with Crippen molar-refractivity contribution in [2.45, 2.75) is 31.4 Å². The number of ether oxygens (including phenoxy) is 1. The SMILES string of the molecule is NC(CC1CCCO1)c1cn(-c2cc(C(=O)O)ccc2O)nn1. The highest BCUT2D eigenvalue weighted by atomic mass is 16.5. The van der Waals surface area contributed by atoms with Gasteiger partial charge in [0, 0.05) is 6.61 Å². The molecule has 2 heterocycles. The van der Waals surface area contributed by atoms with Crippen molar-refractivity contribution in [3.05, 3.63) is 35.7 Å². The van der Waals surface area contributed by atoms with E-state index in [9.17, 15) is 9.90 Å². The van der Waals surface area contributed by atoms with Gasteiger partial charge < -0.3 is 20.7 Å². The smallest absolute Gasteiger partial charge is 0.335 e. The number of hydrogen-bond donors (Lipinski definition) is 3. The summed E-state index contributed by atoms with van der Waals surface area (Å²) in [4.78, 5) is 11.0. The van der Waals surface area contributed by atoms with Crippen LogP contribution >= 0.6 is 0 Å². The second-order valence-electron chi connectivity index (χ2n) is 5.57. The number of phenolic OH excluding ortho intramolecular Hbond substituents is 1. The zero-order valence-corrected chi connectivity index (χ0v) is 12.4. The Kier molecular flexibility index (Phi) is 4.26. The van der Waals surface area contributed by atoms with E-state index in [4.69, 9.17) is 15.6 Å². The van der Waals surface area contributed by atoms with Crippen LogP contribution in [0, 0.1) is 0 Å². The lowest BCUT2D eigenvalue weighted by Crippen LogP contribution is -2.18. The van der Waals surface area contributed by atoms with Crippen LogP contribution in [0.3, 0.4) is 0 Å². The van der Waals surface area contributed by atoms with E-state index in [2.05, 4.69) is 10.3 Å². The molecule has 1 aliphatic rings. The monoisotopic (exact) mass is 318 g/mol. The van der Waals surface area contributed by atoms with Gasteiger partial charge in [-0.05, 0) is 37.5 Å². The van der Waals surface area contributed by atoms with Crippen LogP contribution in [0.1, 0.15) is 41.4 Å². The van der Waals surface area contributed by atoms with Crippen molar-refractivity contribution in [2.75, 3.05) is 6.61 Å². The van der Waals surface area contributed by atoms with Gasteiger partial charge in [-0.1, -0.05) is 5.21 Å². The third-order valence-electron chi connectivity index (χ3n) is 3.90. The summed E-state index contributed by atoms with van der Waals surface area (Å²) in [6.07, 6.45) is 4.42. The van der Waals surface area contributed by atoms with Crippen LogP contribution in [0.15, 0.2) is 24.4 Å². The number of nitrogens with two attached hydrogens (primary N) is 1. The Hall–Kier alpha value is -2.45. The van der Waals surface area contributed by atoms with Gasteiger partial charge in [0.05, 0.1) is 29.6 Å². The molecule has 1 aromatic heterocycles. The van der Waals surface area contributed by atoms with Crippen LogP contribution in [0.25, 0.3) is 5.69 Å². The standard InChI is InChI=1S/C15H18N4O4/c16-11(7-10-2-1-5-23-10)12-8-19(18-17-12)13-6-9(15(21)22)3-4-14(13)20/h3-4,6,8,10-11,20H,1-2,5,7,16H2,(H,21,22). The van der Waals surface area contributed by atoms with E-state index in [1.165, 1.54) is 22.9 Å². The van der Waals surface area contributed by atoms with Gasteiger partial charge in [0.25, 0.3) is 0 Å². The highest BCUT2D eigenvalue weighted by Gasteiger charge is 2.22. The Bertz CT molecular complexity index is 709. The number of carboxylic acid groups (broad SMARTS) is 1. The molecule has 0 spiro atoms. The minimum Gasteiger partial charge on any atom is -0.506 e. The van der Waals surface area contributed by atoms with E-state index in [1.54, 1.807) is 6.20 Å². The molecule has 0 aliphatic carbocycles. The number of hydrogen-bond acceptors (Lipinski definition) is 6. The molecule has 2 atom stereocenters. The molecule has 1 fully saturated rings. The summed E-state index contributed by atoms with van der Waals surface area (Å²) in [5.74, 6) is -1.17. The normalized spacial score (nSPS) is 18.9. The van der Waals surface area contributed by atoms with E-state index in [0.29, 0.717) is 12.1 Å². The van der Waals surface area contributed by atoms with Crippen molar-refractivity contribution in [3.8, 4) is 11.4 Å². The summed E-state index contributed by atoms with van der Waals surface area (Å²) in [6.45, 7) is 0.764. The van der Waals surface area contributed by atoms with Crippen LogP contribution in [0.2, 0.25) is 0 Å². The number of carboxylic acids is 1. The maximum atomic E-state index is 11.0. The molecule has 1 saturated heterocycles. The predicted molar refractivity (Wildman–Crippen MR) is 80.5 cm³/mol. The molecule has 1 aliphatic heterocycles. The summed E-state index contributed by atoms with van der Waals surface area (Å²) in [7, 11) is 0. The van der Waals surface area contributed by atoms with E-state index in [1.807, 2.05) is 0 Å². The third-order valence-corrected chi connectivity index (χ3v) is 3.90. The van der Waals surface area contributed by atoms with Gasteiger partial charge in [-0.3, -0.25) is 0 Å². The topological polar surface area (TPSA) is 123 Å². The zero-order chi connectivity index (χ0) is 16.4. The molecule has 0 bridgehead atoms. The average molecular weight is 318 g/mol. The molecule has 122 valence electrons. The van der Waals surface area contributed by atoms with Crippen molar-refractivity contribution in [1.29, 1.82) is 0 Å². The predicted octanol–water partition coefficient (Wildman–Crippen LogP) is 1.24. The summed E-state index contributed by atoms with van der Waals surface area (Å²) >= 11 is 0. The molecule has 0 amide bonds. The molecule has 8 heteroatoms. The number of carbonyl (C=O) groups is 1. The number of nitrogens with zero attached hydrogens (tertiary/aromatic N) is 3. The Labute approximate surface area is 132 Å². The fourth-order valence-electron chi connectivity index (χ4n) is 2.64. The Morgan fingerprint density at radius 3 is 3.04 bits per heavy atom. The molecule has 23 heavy (non-hydrogen) atoms. The van der Waals surface area contributed by atoms with E-state index in [-0.39, 0.29) is 29.1 Å². The molecule has 2 unspecified atom stereocenters. The first-order valence-electron chi connectivity index (χ1n) is 7.40. The molecule has 2 aromatic rings. The zero-order valence-electron chi connectivity index (χ0n) is 12.4. The van der Waals surface area contributed by atoms with Crippen molar-refractivity contribution in [1.82, 2.24) is 15.0 Å². The van der Waals surface area contributed by atoms with Gasteiger partial charge in [-0.15, -0.1) is 5.10 Å². The highest BCUT2D eigenvalue weighted by molar-refractivity contribution is 5.88. The molecular formula is C15H18N4O4. The lowest BCUT2D eigenvalue weighted by molar-refractivity contribution is 0.0697. The fourth-order valence-corrected chi connectivity index (χ4v) is 2.64. The average Bonchev–Trinajstić information content (AvgIpc) is 3.18. The first kappa shape index (κ1) is 15.4. The van der Waals surface area contributed by atoms with Gasteiger partial charge in [0.2, 0.25) is 0 Å². The minimum absolute atomic E-state index is 0.0542. The molecule has 1 aromatic carbocycles. The Balaban J connectivity index is 1.81. The quantitative estimate of drug-likeness (QED) is 0.757. The second kappa shape index (κ2) is 6.35. The highest BCUT2D eigenvalue weighted by Crippen LogP contribution is 2.25. The number of aromatic carboxylic acids is 1. The number of phenols is 1. The molecule has 0 saturated carbocycles. The molecule has 8 nitrogen and oxygen atoms in total. The van der Waals surface area contributed by atoms with Gasteiger partial charge in [-0.25, -0.2) is 9.48 Å². The first-order chi connectivity index (χ1) is 11.0. The maximum absolute atomic E-state index is 11.0. The van der Waals surface area contributed by atoms with Gasteiger partial charge in [-0.2, -0.15) is 0 Å². The van der Waals surface area contributed by atoms with Crippen LogP contribution in [0.5, 0.6) is 5.75 Å². The largest absolute Gasteiger partial charge is 0.506 e. The molecule has 3 rings (SSSR count). The van der Waals surface area contributed by atoms with Crippen LogP contribution in [0.4, 0.5) is 0 Å². The van der Waals surface area contributed by atoms with Crippen molar-refractivity contribution < 1.29 is 19.7 Å². The number of aromatic hydroxyl groups is 1.